The van der Waals surface area contributed by atoms with E-state index in [1.807, 2.05) is 18.2 Å². The lowest BCUT2D eigenvalue weighted by Crippen LogP contribution is -2.33. The number of allylic oxidation sites excluding steroid dienone is 6. The van der Waals surface area contributed by atoms with Gasteiger partial charge in [0, 0.05) is 11.4 Å². The van der Waals surface area contributed by atoms with Crippen LogP contribution in [0, 0.1) is 5.41 Å². The lowest BCUT2D eigenvalue weighted by atomic mass is 9.75. The maximum atomic E-state index is 12.7. The molecule has 2 aliphatic heterocycles. The SMILES string of the molecule is CC1(C)CC(/C=C2\Sc3c(ccc4ccccc34)N2CCC(=O)O)=CC(=C/C=C2/SC(=S)N(CC(=O)O)C2=O)/C1. The number of aliphatic carboxylic acids is 2. The van der Waals surface area contributed by atoms with Gasteiger partial charge in [0.15, 0.2) is 0 Å². The number of hydrogen-bond donors (Lipinski definition) is 2. The molecule has 2 N–H and O–H groups in total. The zero-order valence-electron chi connectivity index (χ0n) is 22.0. The van der Waals surface area contributed by atoms with Crippen LogP contribution in [-0.4, -0.2) is 50.4 Å². The number of nitrogens with zero attached hydrogens (tertiary/aromatic N) is 2. The highest BCUT2D eigenvalue weighted by atomic mass is 32.2. The highest BCUT2D eigenvalue weighted by molar-refractivity contribution is 8.26. The quantitative estimate of drug-likeness (QED) is 0.273. The van der Waals surface area contributed by atoms with Crippen molar-refractivity contribution in [3.8, 4) is 0 Å². The van der Waals surface area contributed by atoms with Crippen LogP contribution in [0.25, 0.3) is 10.8 Å². The van der Waals surface area contributed by atoms with Gasteiger partial charge < -0.3 is 15.1 Å². The number of thioether (sulfide) groups is 2. The topological polar surface area (TPSA) is 98.2 Å². The Kier molecular flexibility index (Phi) is 7.94. The molecule has 0 spiro atoms. The summed E-state index contributed by atoms with van der Waals surface area (Å²) in [5.41, 5.74) is 3.16. The fourth-order valence-electron chi connectivity index (χ4n) is 5.21. The molecule has 1 aliphatic carbocycles. The van der Waals surface area contributed by atoms with Crippen LogP contribution < -0.4 is 4.90 Å². The molecule has 2 aromatic rings. The molecule has 1 amide bonds. The second-order valence-electron chi connectivity index (χ2n) is 10.7. The molecule has 1 fully saturated rings. The summed E-state index contributed by atoms with van der Waals surface area (Å²) in [6.45, 7) is 4.32. The van der Waals surface area contributed by atoms with E-state index >= 15 is 0 Å². The van der Waals surface area contributed by atoms with Gasteiger partial charge in [0.2, 0.25) is 0 Å². The van der Waals surface area contributed by atoms with E-state index < -0.39 is 24.4 Å². The summed E-state index contributed by atoms with van der Waals surface area (Å²) in [7, 11) is 0. The third-order valence-electron chi connectivity index (χ3n) is 6.83. The van der Waals surface area contributed by atoms with Crippen LogP contribution in [0.1, 0.15) is 33.1 Å². The van der Waals surface area contributed by atoms with Crippen LogP contribution >= 0.6 is 35.7 Å². The first kappa shape index (κ1) is 28.2. The lowest BCUT2D eigenvalue weighted by molar-refractivity contribution is -0.140. The molecule has 2 heterocycles. The van der Waals surface area contributed by atoms with Crippen molar-refractivity contribution in [2.45, 2.75) is 38.0 Å². The van der Waals surface area contributed by atoms with Crippen molar-refractivity contribution < 1.29 is 24.6 Å². The maximum Gasteiger partial charge on any atom is 0.323 e. The smallest absolute Gasteiger partial charge is 0.323 e. The fourth-order valence-corrected chi connectivity index (χ4v) is 7.70. The number of carboxylic acid groups (broad SMARTS) is 2. The summed E-state index contributed by atoms with van der Waals surface area (Å²) in [6, 6.07) is 12.4. The number of benzene rings is 2. The Labute approximate surface area is 246 Å². The van der Waals surface area contributed by atoms with Crippen molar-refractivity contribution in [3.05, 3.63) is 81.8 Å². The first-order valence-corrected chi connectivity index (χ1v) is 14.8. The molecule has 0 radical (unpaired) electrons. The van der Waals surface area contributed by atoms with Crippen LogP contribution in [0.5, 0.6) is 0 Å². The average Bonchev–Trinajstić information content (AvgIpc) is 3.36. The van der Waals surface area contributed by atoms with E-state index in [4.69, 9.17) is 17.3 Å². The normalized spacial score (nSPS) is 21.6. The van der Waals surface area contributed by atoms with Crippen LogP contribution in [0.15, 0.2) is 86.7 Å². The van der Waals surface area contributed by atoms with Crippen molar-refractivity contribution in [2.24, 2.45) is 5.41 Å². The predicted octanol–water partition coefficient (Wildman–Crippen LogP) is 6.57. The molecular formula is C30H28N2O5S3. The molecule has 0 atom stereocenters. The molecule has 40 heavy (non-hydrogen) atoms. The zero-order chi connectivity index (χ0) is 28.6. The molecule has 0 unspecified atom stereocenters. The van der Waals surface area contributed by atoms with Gasteiger partial charge in [-0.25, -0.2) is 0 Å². The Hall–Kier alpha value is -3.34. The molecule has 10 heteroatoms. The highest BCUT2D eigenvalue weighted by Gasteiger charge is 2.33. The van der Waals surface area contributed by atoms with E-state index in [-0.39, 0.29) is 16.2 Å². The number of thiocarbonyl (C=S) groups is 1. The first-order valence-electron chi connectivity index (χ1n) is 12.8. The third kappa shape index (κ3) is 6.04. The van der Waals surface area contributed by atoms with Crippen LogP contribution in [0.4, 0.5) is 5.69 Å². The molecule has 3 aliphatic rings. The number of amides is 1. The van der Waals surface area contributed by atoms with Crippen molar-refractivity contribution >= 4 is 74.4 Å². The van der Waals surface area contributed by atoms with Crippen molar-refractivity contribution in [2.75, 3.05) is 18.0 Å². The van der Waals surface area contributed by atoms with Gasteiger partial charge in [0.25, 0.3) is 5.91 Å². The number of hydrogen-bond acceptors (Lipinski definition) is 7. The molecule has 0 saturated carbocycles. The summed E-state index contributed by atoms with van der Waals surface area (Å²) in [5, 5.41) is 21.8. The van der Waals surface area contributed by atoms with Crippen LogP contribution in [-0.2, 0) is 14.4 Å². The van der Waals surface area contributed by atoms with E-state index in [2.05, 4.69) is 55.2 Å². The number of carbonyl (C=O) groups is 3. The van der Waals surface area contributed by atoms with Gasteiger partial charge >= 0.3 is 11.9 Å². The summed E-state index contributed by atoms with van der Waals surface area (Å²) in [6.07, 6.45) is 9.61. The Bertz CT molecular complexity index is 1570. The number of carbonyl (C=O) groups excluding carboxylic acids is 1. The molecule has 0 aromatic heterocycles. The minimum absolute atomic E-state index is 0.0277. The number of carboxylic acids is 2. The van der Waals surface area contributed by atoms with Gasteiger partial charge in [0.05, 0.1) is 22.0 Å². The van der Waals surface area contributed by atoms with E-state index in [0.29, 0.717) is 11.4 Å². The van der Waals surface area contributed by atoms with Gasteiger partial charge in [0.1, 0.15) is 10.9 Å². The third-order valence-corrected chi connectivity index (χ3v) is 9.41. The molecule has 2 aromatic carbocycles. The van der Waals surface area contributed by atoms with Gasteiger partial charge in [-0.1, -0.05) is 92.1 Å². The predicted molar refractivity (Wildman–Crippen MR) is 164 cm³/mol. The zero-order valence-corrected chi connectivity index (χ0v) is 24.5. The van der Waals surface area contributed by atoms with Crippen molar-refractivity contribution in [1.82, 2.24) is 4.90 Å². The van der Waals surface area contributed by atoms with Crippen LogP contribution in [0.3, 0.4) is 0 Å². The summed E-state index contributed by atoms with van der Waals surface area (Å²) in [5.74, 6) is -2.34. The number of fused-ring (bicyclic) bond motifs is 3. The van der Waals surface area contributed by atoms with Gasteiger partial charge in [-0.2, -0.15) is 0 Å². The Morgan fingerprint density at radius 1 is 1.02 bits per heavy atom. The molecule has 5 rings (SSSR count). The average molecular weight is 593 g/mol. The van der Waals surface area contributed by atoms with E-state index in [0.717, 1.165) is 67.0 Å². The van der Waals surface area contributed by atoms with Crippen molar-refractivity contribution in [3.63, 3.8) is 0 Å². The number of rotatable bonds is 7. The second kappa shape index (κ2) is 11.3. The Morgan fingerprint density at radius 2 is 1.80 bits per heavy atom. The lowest BCUT2D eigenvalue weighted by Gasteiger charge is -2.31. The summed E-state index contributed by atoms with van der Waals surface area (Å²) < 4.78 is 0.244. The second-order valence-corrected chi connectivity index (χ2v) is 13.4. The Morgan fingerprint density at radius 3 is 2.55 bits per heavy atom. The standard InChI is InChI=1S/C30H28N2O5S3/c1-30(2)15-18(7-10-23-28(37)32(17-26(35)36)29(38)39-23)13-19(16-30)14-24-31(12-11-25(33)34)22-9-8-20-5-3-4-6-21(20)27(22)40-24/h3-10,13-14H,11-12,15-17H2,1-2H3,(H,33,34)(H,35,36)/b18-7-,23-10+,24-14-. The summed E-state index contributed by atoms with van der Waals surface area (Å²) in [4.78, 5) is 40.0. The largest absolute Gasteiger partial charge is 0.481 e. The van der Waals surface area contributed by atoms with Crippen LogP contribution in [0.2, 0.25) is 0 Å². The first-order chi connectivity index (χ1) is 19.0. The van der Waals surface area contributed by atoms with Gasteiger partial charge in [-0.15, -0.1) is 0 Å². The molecule has 0 bridgehead atoms. The maximum absolute atomic E-state index is 12.7. The fraction of sp³-hybridized carbons (Fsp3) is 0.267. The van der Waals surface area contributed by atoms with E-state index in [1.165, 1.54) is 0 Å². The monoisotopic (exact) mass is 592 g/mol. The molecule has 1 saturated heterocycles. The molecule has 7 nitrogen and oxygen atoms in total. The van der Waals surface area contributed by atoms with E-state index in [1.54, 1.807) is 17.8 Å². The molecular weight excluding hydrogens is 565 g/mol. The highest BCUT2D eigenvalue weighted by Crippen LogP contribution is 2.50. The summed E-state index contributed by atoms with van der Waals surface area (Å²) >= 11 is 7.98. The number of anilines is 1. The van der Waals surface area contributed by atoms with Crippen molar-refractivity contribution in [1.29, 1.82) is 0 Å². The minimum Gasteiger partial charge on any atom is -0.481 e. The minimum atomic E-state index is -1.11. The van der Waals surface area contributed by atoms with E-state index in [9.17, 15) is 19.5 Å². The molecule has 206 valence electrons. The van der Waals surface area contributed by atoms with Gasteiger partial charge in [-0.3, -0.25) is 19.3 Å². The Balaban J connectivity index is 1.48. The van der Waals surface area contributed by atoms with Gasteiger partial charge in [-0.05, 0) is 58.4 Å².